The van der Waals surface area contributed by atoms with E-state index in [0.717, 1.165) is 31.3 Å². The number of rotatable bonds is 3. The van der Waals surface area contributed by atoms with Crippen molar-refractivity contribution < 1.29 is 0 Å². The third kappa shape index (κ3) is 3.36. The molecule has 1 saturated heterocycles. The lowest BCUT2D eigenvalue weighted by atomic mass is 9.96. The van der Waals surface area contributed by atoms with E-state index in [9.17, 15) is 0 Å². The van der Waals surface area contributed by atoms with E-state index in [4.69, 9.17) is 9.97 Å². The van der Waals surface area contributed by atoms with Gasteiger partial charge in [-0.15, -0.1) is 11.3 Å². The molecule has 0 spiro atoms. The summed E-state index contributed by atoms with van der Waals surface area (Å²) in [7, 11) is 0. The molecule has 140 valence electrons. The van der Waals surface area contributed by atoms with Gasteiger partial charge >= 0.3 is 0 Å². The Hall–Kier alpha value is -1.94. The normalized spacial score (nSPS) is 20.0. The molecule has 1 fully saturated rings. The molecular weight excluding hydrogens is 350 g/mol. The number of piperidine rings is 1. The van der Waals surface area contributed by atoms with Gasteiger partial charge in [-0.3, -0.25) is 0 Å². The van der Waals surface area contributed by atoms with Gasteiger partial charge in [0, 0.05) is 24.4 Å². The lowest BCUT2D eigenvalue weighted by Crippen LogP contribution is -2.35. The van der Waals surface area contributed by atoms with Crippen LogP contribution in [-0.4, -0.2) is 23.1 Å². The number of thiophene rings is 1. The van der Waals surface area contributed by atoms with E-state index >= 15 is 0 Å². The van der Waals surface area contributed by atoms with Gasteiger partial charge in [0.1, 0.15) is 16.5 Å². The Morgan fingerprint density at radius 3 is 2.78 bits per heavy atom. The second kappa shape index (κ2) is 7.23. The number of benzene rings is 1. The van der Waals surface area contributed by atoms with E-state index in [0.29, 0.717) is 0 Å². The molecule has 3 nitrogen and oxygen atoms in total. The highest BCUT2D eigenvalue weighted by molar-refractivity contribution is 7.19. The van der Waals surface area contributed by atoms with Crippen LogP contribution in [0.5, 0.6) is 0 Å². The zero-order valence-corrected chi connectivity index (χ0v) is 16.9. The van der Waals surface area contributed by atoms with E-state index in [-0.39, 0.29) is 0 Å². The maximum Gasteiger partial charge on any atom is 0.141 e. The Morgan fingerprint density at radius 1 is 1.07 bits per heavy atom. The van der Waals surface area contributed by atoms with Gasteiger partial charge in [-0.05, 0) is 55.6 Å². The summed E-state index contributed by atoms with van der Waals surface area (Å²) >= 11 is 1.93. The molecular formula is C23H27N3S. The molecule has 0 amide bonds. The van der Waals surface area contributed by atoms with Crippen molar-refractivity contribution in [1.82, 2.24) is 9.97 Å². The van der Waals surface area contributed by atoms with Crippen LogP contribution in [0.3, 0.4) is 0 Å². The summed E-state index contributed by atoms with van der Waals surface area (Å²) in [6.45, 7) is 4.63. The molecule has 1 aliphatic heterocycles. The highest BCUT2D eigenvalue weighted by Crippen LogP contribution is 2.40. The van der Waals surface area contributed by atoms with E-state index < -0.39 is 0 Å². The van der Waals surface area contributed by atoms with E-state index in [1.165, 1.54) is 60.1 Å². The van der Waals surface area contributed by atoms with E-state index in [1.54, 1.807) is 10.4 Å². The lowest BCUT2D eigenvalue weighted by Gasteiger charge is -2.32. The predicted molar refractivity (Wildman–Crippen MR) is 114 cm³/mol. The number of hydrogen-bond donors (Lipinski definition) is 0. The van der Waals surface area contributed by atoms with Crippen LogP contribution in [0.1, 0.15) is 54.4 Å². The molecule has 2 aliphatic rings. The number of anilines is 1. The maximum absolute atomic E-state index is 5.16. The first kappa shape index (κ1) is 17.2. The molecule has 3 aromatic rings. The number of aryl methyl sites for hydroxylation is 2. The average Bonchev–Trinajstić information content (AvgIpc) is 3.06. The summed E-state index contributed by atoms with van der Waals surface area (Å²) < 4.78 is 0. The minimum Gasteiger partial charge on any atom is -0.356 e. The number of aromatic nitrogens is 2. The predicted octanol–water partition coefficient (Wildman–Crippen LogP) is 5.40. The second-order valence-electron chi connectivity index (χ2n) is 8.21. The van der Waals surface area contributed by atoms with Gasteiger partial charge in [-0.25, -0.2) is 9.97 Å². The third-order valence-corrected chi connectivity index (χ3v) is 7.19. The summed E-state index contributed by atoms with van der Waals surface area (Å²) in [6, 6.07) is 10.6. The topological polar surface area (TPSA) is 29.0 Å². The SMILES string of the molecule is CC1CCCN(c2nc(Cc3ccccc3)nc3sc4c(c23)CCCC4)C1. The Morgan fingerprint density at radius 2 is 1.93 bits per heavy atom. The van der Waals surface area contributed by atoms with Gasteiger partial charge in [0.2, 0.25) is 0 Å². The molecule has 1 aliphatic carbocycles. The van der Waals surface area contributed by atoms with Gasteiger partial charge in [0.05, 0.1) is 5.39 Å². The van der Waals surface area contributed by atoms with Crippen LogP contribution >= 0.6 is 11.3 Å². The molecule has 0 radical (unpaired) electrons. The zero-order chi connectivity index (χ0) is 18.2. The standard InChI is InChI=1S/C23H27N3S/c1-16-8-7-13-26(15-16)22-21-18-11-5-6-12-19(18)27-23(21)25-20(24-22)14-17-9-3-2-4-10-17/h2-4,9-10,16H,5-8,11-15H2,1H3. The monoisotopic (exact) mass is 377 g/mol. The van der Waals surface area contributed by atoms with Gasteiger partial charge < -0.3 is 4.90 Å². The van der Waals surface area contributed by atoms with Crippen LogP contribution < -0.4 is 4.90 Å². The van der Waals surface area contributed by atoms with Crippen molar-refractivity contribution in [3.8, 4) is 0 Å². The molecule has 0 bridgehead atoms. The lowest BCUT2D eigenvalue weighted by molar-refractivity contribution is 0.445. The Bertz CT molecular complexity index is 947. The fourth-order valence-corrected chi connectivity index (χ4v) is 5.92. The van der Waals surface area contributed by atoms with Gasteiger partial charge in [0.15, 0.2) is 0 Å². The molecule has 5 rings (SSSR count). The molecule has 0 saturated carbocycles. The third-order valence-electron chi connectivity index (χ3n) is 6.00. The fourth-order valence-electron chi connectivity index (χ4n) is 4.65. The highest BCUT2D eigenvalue weighted by Gasteiger charge is 2.26. The van der Waals surface area contributed by atoms with E-state index in [1.807, 2.05) is 11.3 Å². The molecule has 2 aromatic heterocycles. The number of nitrogens with zero attached hydrogens (tertiary/aromatic N) is 3. The first-order chi connectivity index (χ1) is 13.3. The Kier molecular flexibility index (Phi) is 4.60. The van der Waals surface area contributed by atoms with Crippen molar-refractivity contribution in [1.29, 1.82) is 0 Å². The van der Waals surface area contributed by atoms with Crippen LogP contribution in [-0.2, 0) is 19.3 Å². The number of hydrogen-bond acceptors (Lipinski definition) is 4. The molecule has 27 heavy (non-hydrogen) atoms. The zero-order valence-electron chi connectivity index (χ0n) is 16.1. The Labute approximate surface area is 165 Å². The van der Waals surface area contributed by atoms with Crippen molar-refractivity contribution in [2.75, 3.05) is 18.0 Å². The summed E-state index contributed by atoms with van der Waals surface area (Å²) in [4.78, 5) is 15.5. The average molecular weight is 378 g/mol. The van der Waals surface area contributed by atoms with Crippen LogP contribution in [0.2, 0.25) is 0 Å². The van der Waals surface area contributed by atoms with Crippen molar-refractivity contribution in [3.63, 3.8) is 0 Å². The molecule has 3 heterocycles. The molecule has 1 aromatic carbocycles. The first-order valence-electron chi connectivity index (χ1n) is 10.4. The minimum absolute atomic E-state index is 0.746. The van der Waals surface area contributed by atoms with E-state index in [2.05, 4.69) is 42.2 Å². The maximum atomic E-state index is 5.16. The molecule has 1 atom stereocenters. The summed E-state index contributed by atoms with van der Waals surface area (Å²) in [5.74, 6) is 2.94. The fraction of sp³-hybridized carbons (Fsp3) is 0.478. The smallest absolute Gasteiger partial charge is 0.141 e. The number of fused-ring (bicyclic) bond motifs is 3. The van der Waals surface area contributed by atoms with Crippen molar-refractivity contribution in [3.05, 3.63) is 52.2 Å². The van der Waals surface area contributed by atoms with Crippen LogP contribution in [0, 0.1) is 5.92 Å². The summed E-state index contributed by atoms with van der Waals surface area (Å²) in [5, 5.41) is 1.38. The van der Waals surface area contributed by atoms with Crippen LogP contribution in [0.4, 0.5) is 5.82 Å². The van der Waals surface area contributed by atoms with Crippen molar-refractivity contribution in [2.45, 2.75) is 51.9 Å². The van der Waals surface area contributed by atoms with Crippen LogP contribution in [0.15, 0.2) is 30.3 Å². The van der Waals surface area contributed by atoms with Gasteiger partial charge in [-0.1, -0.05) is 37.3 Å². The largest absolute Gasteiger partial charge is 0.356 e. The molecule has 1 unspecified atom stereocenters. The van der Waals surface area contributed by atoms with Gasteiger partial charge in [-0.2, -0.15) is 0 Å². The first-order valence-corrected chi connectivity index (χ1v) is 11.2. The molecule has 4 heteroatoms. The van der Waals surface area contributed by atoms with Crippen molar-refractivity contribution in [2.24, 2.45) is 5.92 Å². The molecule has 0 N–H and O–H groups in total. The highest BCUT2D eigenvalue weighted by atomic mass is 32.1. The second-order valence-corrected chi connectivity index (χ2v) is 9.29. The summed E-state index contributed by atoms with van der Waals surface area (Å²) in [5.41, 5.74) is 2.84. The minimum atomic E-state index is 0.746. The quantitative estimate of drug-likeness (QED) is 0.612. The van der Waals surface area contributed by atoms with Crippen LogP contribution in [0.25, 0.3) is 10.2 Å². The van der Waals surface area contributed by atoms with Crippen molar-refractivity contribution >= 4 is 27.4 Å². The Balaban J connectivity index is 1.63. The summed E-state index contributed by atoms with van der Waals surface area (Å²) in [6.07, 6.45) is 8.47. The van der Waals surface area contributed by atoms with Gasteiger partial charge in [0.25, 0.3) is 0 Å².